The molecular formula is C10H20N2O3S. The summed E-state index contributed by atoms with van der Waals surface area (Å²) < 4.78 is 25.3. The van der Waals surface area contributed by atoms with Crippen molar-refractivity contribution < 1.29 is 13.2 Å². The fourth-order valence-corrected chi connectivity index (χ4v) is 3.79. The van der Waals surface area contributed by atoms with Crippen molar-refractivity contribution in [2.45, 2.75) is 38.6 Å². The number of rotatable bonds is 4. The fraction of sp³-hybridized carbons (Fsp3) is 0.900. The molecule has 0 saturated carbocycles. The van der Waals surface area contributed by atoms with Crippen LogP contribution in [0.2, 0.25) is 0 Å². The Labute approximate surface area is 97.2 Å². The highest BCUT2D eigenvalue weighted by molar-refractivity contribution is 7.89. The molecular weight excluding hydrogens is 228 g/mol. The van der Waals surface area contributed by atoms with Gasteiger partial charge in [0.2, 0.25) is 15.9 Å². The van der Waals surface area contributed by atoms with Crippen LogP contribution in [0.3, 0.4) is 0 Å². The van der Waals surface area contributed by atoms with E-state index < -0.39 is 16.1 Å². The number of carbonyl (C=O) groups excluding carboxylic acids is 1. The first kappa shape index (κ1) is 13.4. The maximum atomic E-state index is 12.0. The monoisotopic (exact) mass is 248 g/mol. The van der Waals surface area contributed by atoms with Gasteiger partial charge in [0.05, 0.1) is 5.75 Å². The van der Waals surface area contributed by atoms with Crippen molar-refractivity contribution >= 4 is 15.9 Å². The Morgan fingerprint density at radius 3 is 2.69 bits per heavy atom. The van der Waals surface area contributed by atoms with Gasteiger partial charge >= 0.3 is 0 Å². The van der Waals surface area contributed by atoms with Gasteiger partial charge in [-0.3, -0.25) is 4.79 Å². The largest absolute Gasteiger partial charge is 0.358 e. The minimum atomic E-state index is -3.27. The molecule has 1 N–H and O–H groups in total. The van der Waals surface area contributed by atoms with E-state index in [-0.39, 0.29) is 11.7 Å². The number of piperidine rings is 1. The van der Waals surface area contributed by atoms with E-state index in [2.05, 4.69) is 5.32 Å². The minimum absolute atomic E-state index is 0.125. The third kappa shape index (κ3) is 2.95. The summed E-state index contributed by atoms with van der Waals surface area (Å²) in [5.74, 6) is -0.0695. The first-order valence-corrected chi connectivity index (χ1v) is 7.35. The molecule has 94 valence electrons. The van der Waals surface area contributed by atoms with E-state index in [1.54, 1.807) is 7.05 Å². The molecule has 1 heterocycles. The van der Waals surface area contributed by atoms with Crippen LogP contribution in [-0.4, -0.2) is 44.0 Å². The van der Waals surface area contributed by atoms with E-state index in [4.69, 9.17) is 0 Å². The van der Waals surface area contributed by atoms with Gasteiger partial charge in [-0.15, -0.1) is 0 Å². The number of likely N-dealkylation sites (N-methyl/N-ethyl adjacent to an activating group) is 1. The Bertz CT molecular complexity index is 340. The van der Waals surface area contributed by atoms with Crippen LogP contribution in [0, 0.1) is 0 Å². The lowest BCUT2D eigenvalue weighted by Crippen LogP contribution is -2.51. The van der Waals surface area contributed by atoms with E-state index in [9.17, 15) is 13.2 Å². The normalized spacial score (nSPS) is 23.0. The number of carbonyl (C=O) groups is 1. The van der Waals surface area contributed by atoms with Crippen molar-refractivity contribution in [3.63, 3.8) is 0 Å². The van der Waals surface area contributed by atoms with Crippen molar-refractivity contribution in [1.29, 1.82) is 0 Å². The zero-order valence-electron chi connectivity index (χ0n) is 9.90. The molecule has 16 heavy (non-hydrogen) atoms. The summed E-state index contributed by atoms with van der Waals surface area (Å²) >= 11 is 0. The highest BCUT2D eigenvalue weighted by Gasteiger charge is 2.35. The maximum absolute atomic E-state index is 12.0. The second kappa shape index (κ2) is 5.63. The summed E-state index contributed by atoms with van der Waals surface area (Å²) in [6, 6.07) is -0.504. The number of sulfonamides is 1. The van der Waals surface area contributed by atoms with Crippen molar-refractivity contribution in [2.24, 2.45) is 0 Å². The number of nitrogens with zero attached hydrogens (tertiary/aromatic N) is 1. The molecule has 0 bridgehead atoms. The number of hydrogen-bond acceptors (Lipinski definition) is 3. The van der Waals surface area contributed by atoms with E-state index in [0.717, 1.165) is 12.8 Å². The number of amides is 1. The number of hydrogen-bond donors (Lipinski definition) is 1. The molecule has 1 saturated heterocycles. The van der Waals surface area contributed by atoms with Crippen LogP contribution >= 0.6 is 0 Å². The topological polar surface area (TPSA) is 66.5 Å². The van der Waals surface area contributed by atoms with Gasteiger partial charge in [-0.05, 0) is 19.3 Å². The van der Waals surface area contributed by atoms with E-state index in [0.29, 0.717) is 19.4 Å². The average Bonchev–Trinajstić information content (AvgIpc) is 2.28. The smallest absolute Gasteiger partial charge is 0.238 e. The molecule has 1 unspecified atom stereocenters. The van der Waals surface area contributed by atoms with Crippen molar-refractivity contribution in [3.05, 3.63) is 0 Å². The molecule has 1 aliphatic rings. The third-order valence-electron chi connectivity index (χ3n) is 2.82. The first-order valence-electron chi connectivity index (χ1n) is 5.74. The predicted molar refractivity (Wildman–Crippen MR) is 62.5 cm³/mol. The van der Waals surface area contributed by atoms with Gasteiger partial charge < -0.3 is 5.32 Å². The summed E-state index contributed by atoms with van der Waals surface area (Å²) in [5.41, 5.74) is 0. The van der Waals surface area contributed by atoms with E-state index in [1.165, 1.54) is 4.31 Å². The maximum Gasteiger partial charge on any atom is 0.238 e. The molecule has 0 aromatic heterocycles. The SMILES string of the molecule is CCCS(=O)(=O)N1CCCCC1C(=O)NC. The molecule has 0 radical (unpaired) electrons. The van der Waals surface area contributed by atoms with Gasteiger partial charge in [-0.25, -0.2) is 8.42 Å². The highest BCUT2D eigenvalue weighted by atomic mass is 32.2. The summed E-state index contributed by atoms with van der Waals surface area (Å²) in [7, 11) is -1.72. The van der Waals surface area contributed by atoms with Gasteiger partial charge in [0, 0.05) is 13.6 Å². The fourth-order valence-electron chi connectivity index (χ4n) is 2.04. The first-order chi connectivity index (χ1) is 7.53. The predicted octanol–water partition coefficient (Wildman–Crippen LogP) is 0.327. The van der Waals surface area contributed by atoms with Crippen LogP contribution in [0.4, 0.5) is 0 Å². The summed E-state index contributed by atoms with van der Waals surface area (Å²) in [6.45, 7) is 2.30. The van der Waals surface area contributed by atoms with E-state index >= 15 is 0 Å². The molecule has 5 nitrogen and oxygen atoms in total. The summed E-state index contributed by atoms with van der Waals surface area (Å²) in [4.78, 5) is 11.6. The molecule has 1 aliphatic heterocycles. The molecule has 1 fully saturated rings. The molecule has 1 rings (SSSR count). The van der Waals surface area contributed by atoms with Gasteiger partial charge in [-0.1, -0.05) is 13.3 Å². The van der Waals surface area contributed by atoms with Crippen LogP contribution in [0.5, 0.6) is 0 Å². The Morgan fingerprint density at radius 2 is 2.12 bits per heavy atom. The second-order valence-electron chi connectivity index (χ2n) is 4.05. The number of nitrogens with one attached hydrogen (secondary N) is 1. The van der Waals surface area contributed by atoms with Crippen LogP contribution in [0.1, 0.15) is 32.6 Å². The van der Waals surface area contributed by atoms with Crippen molar-refractivity contribution in [3.8, 4) is 0 Å². The van der Waals surface area contributed by atoms with Gasteiger partial charge in [0.15, 0.2) is 0 Å². The Hall–Kier alpha value is -0.620. The lowest BCUT2D eigenvalue weighted by Gasteiger charge is -2.33. The van der Waals surface area contributed by atoms with Gasteiger partial charge in [-0.2, -0.15) is 4.31 Å². The zero-order chi connectivity index (χ0) is 12.2. The second-order valence-corrected chi connectivity index (χ2v) is 6.09. The minimum Gasteiger partial charge on any atom is -0.358 e. The zero-order valence-corrected chi connectivity index (χ0v) is 10.7. The Kier molecular flexibility index (Phi) is 4.73. The van der Waals surface area contributed by atoms with Crippen LogP contribution in [0.15, 0.2) is 0 Å². The quantitative estimate of drug-likeness (QED) is 0.779. The van der Waals surface area contributed by atoms with Crippen LogP contribution < -0.4 is 5.32 Å². The Balaban J connectivity index is 2.86. The standard InChI is InChI=1S/C10H20N2O3S/c1-3-8-16(14,15)12-7-5-4-6-9(12)10(13)11-2/h9H,3-8H2,1-2H3,(H,11,13). The summed E-state index contributed by atoms with van der Waals surface area (Å²) in [6.07, 6.45) is 2.97. The molecule has 1 amide bonds. The third-order valence-corrected chi connectivity index (χ3v) is 4.90. The van der Waals surface area contributed by atoms with E-state index in [1.807, 2.05) is 6.92 Å². The van der Waals surface area contributed by atoms with Crippen molar-refractivity contribution in [2.75, 3.05) is 19.3 Å². The molecule has 0 aromatic carbocycles. The lowest BCUT2D eigenvalue weighted by molar-refractivity contribution is -0.125. The van der Waals surface area contributed by atoms with Crippen molar-refractivity contribution in [1.82, 2.24) is 9.62 Å². The summed E-state index contributed by atoms with van der Waals surface area (Å²) in [5, 5.41) is 2.53. The lowest BCUT2D eigenvalue weighted by atomic mass is 10.0. The van der Waals surface area contributed by atoms with Gasteiger partial charge in [0.25, 0.3) is 0 Å². The molecule has 1 atom stereocenters. The molecule has 0 aliphatic carbocycles. The molecule has 6 heteroatoms. The highest BCUT2D eigenvalue weighted by Crippen LogP contribution is 2.21. The van der Waals surface area contributed by atoms with Gasteiger partial charge in [0.1, 0.15) is 6.04 Å². The Morgan fingerprint density at radius 1 is 1.44 bits per heavy atom. The van der Waals surface area contributed by atoms with Crippen LogP contribution in [-0.2, 0) is 14.8 Å². The molecule has 0 spiro atoms. The van der Waals surface area contributed by atoms with Crippen LogP contribution in [0.25, 0.3) is 0 Å². The molecule has 0 aromatic rings. The average molecular weight is 248 g/mol.